The van der Waals surface area contributed by atoms with Gasteiger partial charge in [-0.3, -0.25) is 4.79 Å². The van der Waals surface area contributed by atoms with Crippen LogP contribution in [-0.2, 0) is 9.59 Å². The average molecular weight is 583 g/mol. The van der Waals surface area contributed by atoms with Crippen LogP contribution in [0, 0.1) is 0 Å². The Morgan fingerprint density at radius 1 is 0.775 bits per heavy atom. The molecular formula is C26H32F6N2O6. The molecule has 0 bridgehead atoms. The molecular weight excluding hydrogens is 550 g/mol. The lowest BCUT2D eigenvalue weighted by atomic mass is 10.0. The largest absolute Gasteiger partial charge is 0.494 e. The van der Waals surface area contributed by atoms with Gasteiger partial charge in [0.15, 0.2) is 0 Å². The minimum absolute atomic E-state index is 0.409. The number of benzene rings is 2. The van der Waals surface area contributed by atoms with Crippen LogP contribution < -0.4 is 10.5 Å². The van der Waals surface area contributed by atoms with Crippen molar-refractivity contribution in [2.45, 2.75) is 44.5 Å². The third kappa shape index (κ3) is 16.9. The molecule has 2 aromatic rings. The summed E-state index contributed by atoms with van der Waals surface area (Å²) in [4.78, 5) is 31.3. The van der Waals surface area contributed by atoms with Crippen LogP contribution in [0.25, 0.3) is 11.1 Å². The van der Waals surface area contributed by atoms with E-state index >= 15 is 0 Å². The predicted octanol–water partition coefficient (Wildman–Crippen LogP) is 5.61. The van der Waals surface area contributed by atoms with Crippen molar-refractivity contribution < 1.29 is 55.7 Å². The van der Waals surface area contributed by atoms with Gasteiger partial charge in [0.05, 0.1) is 6.61 Å². The summed E-state index contributed by atoms with van der Waals surface area (Å²) in [6, 6.07) is 15.3. The van der Waals surface area contributed by atoms with Gasteiger partial charge in [-0.15, -0.1) is 0 Å². The Kier molecular flexibility index (Phi) is 16.0. The van der Waals surface area contributed by atoms with Gasteiger partial charge in [-0.1, -0.05) is 43.5 Å². The molecule has 0 aromatic heterocycles. The van der Waals surface area contributed by atoms with Crippen LogP contribution in [0.15, 0.2) is 48.5 Å². The molecule has 2 aromatic carbocycles. The number of hydrogen-bond acceptors (Lipinski definition) is 5. The summed E-state index contributed by atoms with van der Waals surface area (Å²) in [7, 11) is 4.24. The molecule has 8 nitrogen and oxygen atoms in total. The fourth-order valence-electron chi connectivity index (χ4n) is 2.85. The van der Waals surface area contributed by atoms with Crippen molar-refractivity contribution >= 4 is 17.8 Å². The highest BCUT2D eigenvalue weighted by Gasteiger charge is 2.38. The Morgan fingerprint density at radius 2 is 1.25 bits per heavy atom. The van der Waals surface area contributed by atoms with Gasteiger partial charge in [0.2, 0.25) is 5.91 Å². The van der Waals surface area contributed by atoms with Gasteiger partial charge in [-0.05, 0) is 68.9 Å². The number of primary amides is 1. The van der Waals surface area contributed by atoms with Gasteiger partial charge in [-0.25, -0.2) is 9.59 Å². The summed E-state index contributed by atoms with van der Waals surface area (Å²) >= 11 is 0. The third-order valence-electron chi connectivity index (χ3n) is 4.84. The highest BCUT2D eigenvalue weighted by atomic mass is 19.4. The van der Waals surface area contributed by atoms with E-state index in [1.54, 1.807) is 6.07 Å². The smallest absolute Gasteiger partial charge is 0.490 e. The number of rotatable bonds is 11. The molecule has 0 aliphatic rings. The number of alkyl halides is 6. The molecule has 1 amide bonds. The molecule has 4 N–H and O–H groups in total. The average Bonchev–Trinajstić information content (AvgIpc) is 2.85. The van der Waals surface area contributed by atoms with E-state index in [-0.39, 0.29) is 0 Å². The molecule has 0 saturated heterocycles. The van der Waals surface area contributed by atoms with E-state index in [9.17, 15) is 31.1 Å². The second-order valence-electron chi connectivity index (χ2n) is 8.49. The van der Waals surface area contributed by atoms with E-state index in [4.69, 9.17) is 30.3 Å². The lowest BCUT2D eigenvalue weighted by Crippen LogP contribution is -2.21. The number of carbonyl (C=O) groups excluding carboxylic acids is 1. The summed E-state index contributed by atoms with van der Waals surface area (Å²) in [6.07, 6.45) is -4.04. The first kappa shape index (κ1) is 36.2. The van der Waals surface area contributed by atoms with Crippen molar-refractivity contribution in [1.29, 1.82) is 0 Å². The summed E-state index contributed by atoms with van der Waals surface area (Å²) < 4.78 is 69.3. The van der Waals surface area contributed by atoms with Crippen LogP contribution >= 0.6 is 0 Å². The van der Waals surface area contributed by atoms with Crippen molar-refractivity contribution in [2.24, 2.45) is 5.73 Å². The summed E-state index contributed by atoms with van der Waals surface area (Å²) in [5.74, 6) is -5.04. The van der Waals surface area contributed by atoms with Gasteiger partial charge >= 0.3 is 24.3 Å². The van der Waals surface area contributed by atoms with Crippen LogP contribution in [0.5, 0.6) is 5.75 Å². The van der Waals surface area contributed by atoms with E-state index in [0.29, 0.717) is 5.56 Å². The maximum Gasteiger partial charge on any atom is 0.490 e. The molecule has 0 unspecified atom stereocenters. The Labute approximate surface area is 227 Å². The minimum Gasteiger partial charge on any atom is -0.494 e. The zero-order valence-corrected chi connectivity index (χ0v) is 21.9. The summed E-state index contributed by atoms with van der Waals surface area (Å²) in [5.41, 5.74) is 7.89. The van der Waals surface area contributed by atoms with E-state index in [1.807, 2.05) is 42.5 Å². The Morgan fingerprint density at radius 3 is 1.70 bits per heavy atom. The number of amides is 1. The van der Waals surface area contributed by atoms with Crippen LogP contribution in [0.1, 0.15) is 42.5 Å². The molecule has 0 aliphatic carbocycles. The lowest BCUT2D eigenvalue weighted by Gasteiger charge is -2.09. The van der Waals surface area contributed by atoms with Gasteiger partial charge in [0.25, 0.3) is 0 Å². The van der Waals surface area contributed by atoms with Gasteiger partial charge in [0.1, 0.15) is 5.75 Å². The molecule has 40 heavy (non-hydrogen) atoms. The lowest BCUT2D eigenvalue weighted by molar-refractivity contribution is -0.193. The summed E-state index contributed by atoms with van der Waals surface area (Å²) in [5, 5.41) is 14.2. The number of halogens is 6. The number of hydrogen-bond donors (Lipinski definition) is 3. The van der Waals surface area contributed by atoms with Crippen LogP contribution in [0.4, 0.5) is 26.3 Å². The van der Waals surface area contributed by atoms with E-state index in [1.165, 1.54) is 32.2 Å². The molecule has 2 rings (SSSR count). The fourth-order valence-corrected chi connectivity index (χ4v) is 2.85. The first-order chi connectivity index (χ1) is 18.4. The van der Waals surface area contributed by atoms with Crippen LogP contribution in [0.3, 0.4) is 0 Å². The summed E-state index contributed by atoms with van der Waals surface area (Å²) in [6.45, 7) is 1.93. The molecule has 0 fully saturated rings. The molecule has 0 atom stereocenters. The number of carboxylic acid groups (broad SMARTS) is 2. The van der Waals surface area contributed by atoms with Crippen molar-refractivity contribution in [3.63, 3.8) is 0 Å². The second kappa shape index (κ2) is 17.7. The van der Waals surface area contributed by atoms with E-state index < -0.39 is 30.2 Å². The van der Waals surface area contributed by atoms with Gasteiger partial charge < -0.3 is 25.6 Å². The molecule has 0 radical (unpaired) electrons. The number of nitrogens with zero attached hydrogens (tertiary/aromatic N) is 1. The molecule has 224 valence electrons. The molecule has 0 spiro atoms. The number of unbranched alkanes of at least 4 members (excludes halogenated alkanes) is 4. The SMILES string of the molecule is CN(C)CCCCCCCOc1ccc(-c2cccc(C(N)=O)c2)cc1.O=C(O)C(F)(F)F.O=C(O)C(F)(F)F. The first-order valence-corrected chi connectivity index (χ1v) is 11.8. The van der Waals surface area contributed by atoms with Crippen molar-refractivity contribution in [2.75, 3.05) is 27.2 Å². The van der Waals surface area contributed by atoms with Crippen molar-refractivity contribution in [1.82, 2.24) is 4.90 Å². The Balaban J connectivity index is 0.000000894. The number of aliphatic carboxylic acids is 2. The maximum absolute atomic E-state index is 11.3. The van der Waals surface area contributed by atoms with Gasteiger partial charge in [-0.2, -0.15) is 26.3 Å². The molecule has 0 heterocycles. The third-order valence-corrected chi connectivity index (χ3v) is 4.84. The highest BCUT2D eigenvalue weighted by Crippen LogP contribution is 2.23. The fraction of sp³-hybridized carbons (Fsp3) is 0.423. The molecule has 0 aliphatic heterocycles. The zero-order chi connectivity index (χ0) is 30.9. The second-order valence-corrected chi connectivity index (χ2v) is 8.49. The Hall–Kier alpha value is -3.81. The highest BCUT2D eigenvalue weighted by molar-refractivity contribution is 5.94. The normalized spacial score (nSPS) is 11.0. The molecule has 0 saturated carbocycles. The predicted molar refractivity (Wildman–Crippen MR) is 135 cm³/mol. The standard InChI is InChI=1S/C22H30N2O2.2C2HF3O2/c1-24(2)15-6-4-3-5-7-16-26-21-13-11-18(12-14-21)19-9-8-10-20(17-19)22(23)25;2*3-2(4,5)1(6)7/h8-14,17H,3-7,15-16H2,1-2H3,(H2,23,25);2*(H,6,7). The zero-order valence-electron chi connectivity index (χ0n) is 21.9. The van der Waals surface area contributed by atoms with Gasteiger partial charge in [0, 0.05) is 5.56 Å². The van der Waals surface area contributed by atoms with Crippen LogP contribution in [-0.4, -0.2) is 72.6 Å². The minimum atomic E-state index is -5.08. The van der Waals surface area contributed by atoms with E-state index in [2.05, 4.69) is 19.0 Å². The maximum atomic E-state index is 11.3. The number of carboxylic acids is 2. The number of ether oxygens (including phenoxy) is 1. The first-order valence-electron chi connectivity index (χ1n) is 11.8. The van der Waals surface area contributed by atoms with Crippen molar-refractivity contribution in [3.8, 4) is 16.9 Å². The number of carbonyl (C=O) groups is 3. The van der Waals surface area contributed by atoms with Crippen LogP contribution in [0.2, 0.25) is 0 Å². The molecule has 14 heteroatoms. The van der Waals surface area contributed by atoms with Crippen molar-refractivity contribution in [3.05, 3.63) is 54.1 Å². The van der Waals surface area contributed by atoms with E-state index in [0.717, 1.165) is 29.9 Å². The Bertz CT molecular complexity index is 1030. The number of nitrogens with two attached hydrogens (primary N) is 1. The topological polar surface area (TPSA) is 130 Å². The quantitative estimate of drug-likeness (QED) is 0.232. The monoisotopic (exact) mass is 582 g/mol.